The standard InChI is InChI=1S/C16H24N6O3/c1-10(2)14-18-17-12-5-6-21(7-8-22(12)14)13(23)9-11-15(24)20(4)16(25)19(11)3/h10-11H,5-9H2,1-4H3/t11-/m0/s1. The third-order valence-corrected chi connectivity index (χ3v) is 4.96. The molecule has 0 unspecified atom stereocenters. The van der Waals surface area contributed by atoms with Crippen LogP contribution < -0.4 is 0 Å². The average Bonchev–Trinajstić information content (AvgIpc) is 2.96. The highest BCUT2D eigenvalue weighted by atomic mass is 16.2. The molecule has 1 atom stereocenters. The van der Waals surface area contributed by atoms with Gasteiger partial charge in [-0.15, -0.1) is 10.2 Å². The summed E-state index contributed by atoms with van der Waals surface area (Å²) in [7, 11) is 3.00. The molecule has 0 aromatic carbocycles. The van der Waals surface area contributed by atoms with Crippen molar-refractivity contribution in [2.45, 2.75) is 45.2 Å². The summed E-state index contributed by atoms with van der Waals surface area (Å²) in [6, 6.07) is -1.08. The molecule has 1 aromatic rings. The predicted octanol–water partition coefficient (Wildman–Crippen LogP) is 0.0687. The van der Waals surface area contributed by atoms with Gasteiger partial charge in [0.05, 0.1) is 6.42 Å². The van der Waals surface area contributed by atoms with Crippen LogP contribution in [-0.2, 0) is 22.6 Å². The Hall–Kier alpha value is -2.45. The van der Waals surface area contributed by atoms with Crippen LogP contribution in [0.1, 0.15) is 37.8 Å². The first-order chi connectivity index (χ1) is 11.8. The van der Waals surface area contributed by atoms with Gasteiger partial charge in [-0.05, 0) is 0 Å². The second kappa shape index (κ2) is 6.45. The van der Waals surface area contributed by atoms with Crippen molar-refractivity contribution in [3.05, 3.63) is 11.6 Å². The Morgan fingerprint density at radius 1 is 1.16 bits per heavy atom. The van der Waals surface area contributed by atoms with E-state index < -0.39 is 6.04 Å². The molecule has 136 valence electrons. The van der Waals surface area contributed by atoms with Crippen molar-refractivity contribution in [3.8, 4) is 0 Å². The molecule has 4 amide bonds. The molecule has 1 aromatic heterocycles. The zero-order chi connectivity index (χ0) is 18.3. The quantitative estimate of drug-likeness (QED) is 0.721. The molecule has 25 heavy (non-hydrogen) atoms. The number of carbonyl (C=O) groups excluding carboxylic acids is 3. The van der Waals surface area contributed by atoms with Crippen LogP contribution in [0.25, 0.3) is 0 Å². The van der Waals surface area contributed by atoms with Gasteiger partial charge in [0.1, 0.15) is 17.7 Å². The predicted molar refractivity (Wildman–Crippen MR) is 88.7 cm³/mol. The molecule has 0 bridgehead atoms. The Balaban J connectivity index is 1.67. The summed E-state index contributed by atoms with van der Waals surface area (Å²) in [4.78, 5) is 40.8. The number of carbonyl (C=O) groups is 3. The molecule has 1 saturated heterocycles. The van der Waals surface area contributed by atoms with Crippen LogP contribution >= 0.6 is 0 Å². The summed E-state index contributed by atoms with van der Waals surface area (Å²) in [6.07, 6.45) is 0.655. The fourth-order valence-electron chi connectivity index (χ4n) is 3.39. The monoisotopic (exact) mass is 348 g/mol. The molecule has 0 radical (unpaired) electrons. The lowest BCUT2D eigenvalue weighted by Gasteiger charge is -2.23. The van der Waals surface area contributed by atoms with Crippen molar-refractivity contribution in [1.29, 1.82) is 0 Å². The number of likely N-dealkylation sites (N-methyl/N-ethyl adjacent to an activating group) is 2. The number of aromatic nitrogens is 3. The maximum Gasteiger partial charge on any atom is 0.326 e. The lowest BCUT2D eigenvalue weighted by molar-refractivity contribution is -0.136. The number of nitrogens with zero attached hydrogens (tertiary/aromatic N) is 6. The minimum absolute atomic E-state index is 0.0169. The number of rotatable bonds is 3. The van der Waals surface area contributed by atoms with Crippen LogP contribution in [0.3, 0.4) is 0 Å². The summed E-state index contributed by atoms with van der Waals surface area (Å²) in [6.45, 7) is 5.89. The van der Waals surface area contributed by atoms with Gasteiger partial charge in [0.15, 0.2) is 0 Å². The Morgan fingerprint density at radius 3 is 2.48 bits per heavy atom. The van der Waals surface area contributed by atoms with Gasteiger partial charge in [-0.1, -0.05) is 13.8 Å². The Bertz CT molecular complexity index is 713. The highest BCUT2D eigenvalue weighted by Gasteiger charge is 2.42. The number of hydrogen-bond acceptors (Lipinski definition) is 5. The van der Waals surface area contributed by atoms with Crippen LogP contribution in [0, 0.1) is 0 Å². The van der Waals surface area contributed by atoms with Gasteiger partial charge in [-0.25, -0.2) is 4.79 Å². The summed E-state index contributed by atoms with van der Waals surface area (Å²) in [5.41, 5.74) is 0. The lowest BCUT2D eigenvalue weighted by atomic mass is 10.1. The van der Waals surface area contributed by atoms with Crippen molar-refractivity contribution >= 4 is 17.8 Å². The molecule has 9 nitrogen and oxygen atoms in total. The molecule has 0 N–H and O–H groups in total. The Kier molecular flexibility index (Phi) is 4.49. The first kappa shape index (κ1) is 17.4. The molecule has 1 fully saturated rings. The van der Waals surface area contributed by atoms with Gasteiger partial charge in [-0.2, -0.15) is 0 Å². The van der Waals surface area contributed by atoms with E-state index in [9.17, 15) is 14.4 Å². The van der Waals surface area contributed by atoms with E-state index in [4.69, 9.17) is 0 Å². The molecule has 0 spiro atoms. The molecular formula is C16H24N6O3. The molecular weight excluding hydrogens is 324 g/mol. The van der Waals surface area contributed by atoms with Crippen LogP contribution in [-0.4, -0.2) is 80.5 Å². The third-order valence-electron chi connectivity index (χ3n) is 4.96. The largest absolute Gasteiger partial charge is 0.340 e. The normalized spacial score (nSPS) is 21.2. The molecule has 9 heteroatoms. The van der Waals surface area contributed by atoms with Gasteiger partial charge in [0.25, 0.3) is 5.91 Å². The molecule has 3 rings (SSSR count). The van der Waals surface area contributed by atoms with Gasteiger partial charge >= 0.3 is 6.03 Å². The van der Waals surface area contributed by atoms with Crippen LogP contribution in [0.4, 0.5) is 4.79 Å². The second-order valence-electron chi connectivity index (χ2n) is 6.92. The van der Waals surface area contributed by atoms with E-state index in [1.807, 2.05) is 0 Å². The fraction of sp³-hybridized carbons (Fsp3) is 0.688. The molecule has 3 heterocycles. The van der Waals surface area contributed by atoms with E-state index in [2.05, 4.69) is 28.6 Å². The van der Waals surface area contributed by atoms with Gasteiger partial charge in [0.2, 0.25) is 5.91 Å². The topological polar surface area (TPSA) is 91.6 Å². The van der Waals surface area contributed by atoms with E-state index in [-0.39, 0.29) is 30.2 Å². The maximum absolute atomic E-state index is 12.7. The van der Waals surface area contributed by atoms with Crippen molar-refractivity contribution < 1.29 is 14.4 Å². The summed E-state index contributed by atoms with van der Waals surface area (Å²) >= 11 is 0. The highest BCUT2D eigenvalue weighted by Crippen LogP contribution is 2.20. The third kappa shape index (κ3) is 2.98. The van der Waals surface area contributed by atoms with E-state index in [1.165, 1.54) is 11.9 Å². The zero-order valence-electron chi connectivity index (χ0n) is 15.1. The minimum Gasteiger partial charge on any atom is -0.340 e. The van der Waals surface area contributed by atoms with Crippen LogP contribution in [0.5, 0.6) is 0 Å². The summed E-state index contributed by atoms with van der Waals surface area (Å²) < 4.78 is 2.09. The van der Waals surface area contributed by atoms with Gasteiger partial charge < -0.3 is 14.4 Å². The van der Waals surface area contributed by atoms with Crippen molar-refractivity contribution in [2.24, 2.45) is 0 Å². The molecule has 0 saturated carbocycles. The number of hydrogen-bond donors (Lipinski definition) is 0. The molecule has 2 aliphatic heterocycles. The smallest absolute Gasteiger partial charge is 0.326 e. The first-order valence-corrected chi connectivity index (χ1v) is 8.55. The fourth-order valence-corrected chi connectivity index (χ4v) is 3.39. The zero-order valence-corrected chi connectivity index (χ0v) is 15.1. The van der Waals surface area contributed by atoms with E-state index >= 15 is 0 Å². The number of fused-ring (bicyclic) bond motifs is 1. The SMILES string of the molecule is CC(C)c1nnc2n1CCN(C(=O)C[C@H]1C(=O)N(C)C(=O)N1C)CC2. The first-order valence-electron chi connectivity index (χ1n) is 8.55. The van der Waals surface area contributed by atoms with Crippen molar-refractivity contribution in [2.75, 3.05) is 27.2 Å². The highest BCUT2D eigenvalue weighted by molar-refractivity contribution is 6.05. The molecule has 2 aliphatic rings. The Labute approximate surface area is 146 Å². The van der Waals surface area contributed by atoms with Crippen LogP contribution in [0.15, 0.2) is 0 Å². The van der Waals surface area contributed by atoms with E-state index in [1.54, 1.807) is 11.9 Å². The van der Waals surface area contributed by atoms with Crippen molar-refractivity contribution in [1.82, 2.24) is 29.5 Å². The average molecular weight is 348 g/mol. The van der Waals surface area contributed by atoms with Crippen molar-refractivity contribution in [3.63, 3.8) is 0 Å². The Morgan fingerprint density at radius 2 is 1.88 bits per heavy atom. The number of amides is 4. The van der Waals surface area contributed by atoms with Gasteiger partial charge in [-0.3, -0.25) is 14.5 Å². The minimum atomic E-state index is -0.710. The summed E-state index contributed by atoms with van der Waals surface area (Å²) in [5, 5.41) is 8.48. The second-order valence-corrected chi connectivity index (χ2v) is 6.92. The summed E-state index contributed by atoms with van der Waals surface area (Å²) in [5.74, 6) is 1.66. The number of imide groups is 1. The number of urea groups is 1. The maximum atomic E-state index is 12.7. The lowest BCUT2D eigenvalue weighted by Crippen LogP contribution is -2.40. The van der Waals surface area contributed by atoms with Gasteiger partial charge in [0, 0.05) is 46.1 Å². The molecule has 0 aliphatic carbocycles. The van der Waals surface area contributed by atoms with E-state index in [0.29, 0.717) is 26.1 Å². The van der Waals surface area contributed by atoms with E-state index in [0.717, 1.165) is 16.5 Å². The van der Waals surface area contributed by atoms with Crippen LogP contribution in [0.2, 0.25) is 0 Å².